The topological polar surface area (TPSA) is 20.2 Å². The molecule has 0 aliphatic heterocycles. The first-order chi connectivity index (χ1) is 10.4. The Labute approximate surface area is 144 Å². The Balaban J connectivity index is 2.52. The summed E-state index contributed by atoms with van der Waals surface area (Å²) in [7, 11) is -1.42. The minimum atomic E-state index is -1.42. The van der Waals surface area contributed by atoms with Gasteiger partial charge in [-0.05, 0) is 0 Å². The fourth-order valence-electron chi connectivity index (χ4n) is 2.59. The van der Waals surface area contributed by atoms with E-state index in [9.17, 15) is 5.11 Å². The zero-order valence-corrected chi connectivity index (χ0v) is 17.4. The molecule has 1 unspecified atom stereocenters. The average Bonchev–Trinajstić information content (AvgIpc) is 2.47. The second-order valence-corrected chi connectivity index (χ2v) is 14.4. The average molecular weight is 384 g/mol. The summed E-state index contributed by atoms with van der Waals surface area (Å²) >= 11 is 0.551. The second kappa shape index (κ2) is 10.4. The van der Waals surface area contributed by atoms with E-state index in [2.05, 4.69) is 63.0 Å². The molecule has 0 heterocycles. The Bertz CT molecular complexity index is 436. The molecule has 22 heavy (non-hydrogen) atoms. The van der Waals surface area contributed by atoms with E-state index in [1.165, 1.54) is 27.8 Å². The quantitative estimate of drug-likeness (QED) is 0.464. The third-order valence-corrected chi connectivity index (χ3v) is 8.26. The van der Waals surface area contributed by atoms with Gasteiger partial charge in [-0.2, -0.15) is 0 Å². The third-order valence-electron chi connectivity index (χ3n) is 3.80. The predicted molar refractivity (Wildman–Crippen MR) is 103 cm³/mol. The Kier molecular flexibility index (Phi) is 9.34. The molecule has 1 aromatic carbocycles. The maximum absolute atomic E-state index is 10.6. The fraction of sp³-hybridized carbons (Fsp3) is 0.579. The van der Waals surface area contributed by atoms with Gasteiger partial charge in [-0.15, -0.1) is 0 Å². The van der Waals surface area contributed by atoms with Crippen molar-refractivity contribution in [3.8, 4) is 0 Å². The number of hydrogen-bond acceptors (Lipinski definition) is 1. The molecule has 0 saturated carbocycles. The van der Waals surface area contributed by atoms with Gasteiger partial charge in [0, 0.05) is 0 Å². The molecule has 0 radical (unpaired) electrons. The molecule has 0 spiro atoms. The van der Waals surface area contributed by atoms with Crippen LogP contribution in [-0.2, 0) is 0 Å². The Morgan fingerprint density at radius 2 is 1.86 bits per heavy atom. The van der Waals surface area contributed by atoms with Gasteiger partial charge >= 0.3 is 144 Å². The first-order valence-corrected chi connectivity index (χ1v) is 14.1. The first kappa shape index (κ1) is 19.7. The standard InChI is InChI=1S/C19H32OSeSi/c1-5-6-8-14-18(20)19(22(2,3)4)15-11-16-21-17-12-9-7-10-13-17/h7,9-10,12-13,15,18,20H,5-6,8,11,14,16H2,1-4H3/b19-15+. The molecular formula is C19H32OSeSi. The number of aliphatic hydroxyl groups excluding tert-OH is 1. The van der Waals surface area contributed by atoms with E-state index < -0.39 is 8.07 Å². The van der Waals surface area contributed by atoms with Crippen LogP contribution in [0.3, 0.4) is 0 Å². The van der Waals surface area contributed by atoms with E-state index in [0.29, 0.717) is 15.0 Å². The van der Waals surface area contributed by atoms with Crippen molar-refractivity contribution in [3.05, 3.63) is 41.6 Å². The molecule has 0 bridgehead atoms. The fourth-order valence-corrected chi connectivity index (χ4v) is 6.22. The number of rotatable bonds is 10. The van der Waals surface area contributed by atoms with Gasteiger partial charge in [0.1, 0.15) is 0 Å². The van der Waals surface area contributed by atoms with Crippen LogP contribution in [0.25, 0.3) is 0 Å². The summed E-state index contributed by atoms with van der Waals surface area (Å²) in [4.78, 5) is 0. The summed E-state index contributed by atoms with van der Waals surface area (Å²) < 4.78 is 1.47. The van der Waals surface area contributed by atoms with Gasteiger partial charge in [0.15, 0.2) is 0 Å². The van der Waals surface area contributed by atoms with Crippen molar-refractivity contribution in [3.63, 3.8) is 0 Å². The van der Waals surface area contributed by atoms with Gasteiger partial charge < -0.3 is 0 Å². The number of aliphatic hydroxyl groups is 1. The molecule has 1 aromatic rings. The zero-order chi connectivity index (χ0) is 16.4. The summed E-state index contributed by atoms with van der Waals surface area (Å²) in [5.74, 6) is 0. The van der Waals surface area contributed by atoms with Gasteiger partial charge in [0.2, 0.25) is 0 Å². The van der Waals surface area contributed by atoms with E-state index in [1.807, 2.05) is 0 Å². The number of hydrogen-bond donors (Lipinski definition) is 1. The van der Waals surface area contributed by atoms with Crippen molar-refractivity contribution < 1.29 is 5.11 Å². The first-order valence-electron chi connectivity index (χ1n) is 8.51. The summed E-state index contributed by atoms with van der Waals surface area (Å²) in [5.41, 5.74) is 0. The molecule has 1 nitrogen and oxygen atoms in total. The normalized spacial score (nSPS) is 14.1. The molecule has 1 atom stereocenters. The van der Waals surface area contributed by atoms with Crippen molar-refractivity contribution in [2.24, 2.45) is 0 Å². The summed E-state index contributed by atoms with van der Waals surface area (Å²) in [6.07, 6.45) is 7.81. The van der Waals surface area contributed by atoms with Crippen LogP contribution in [0, 0.1) is 0 Å². The maximum atomic E-state index is 10.6. The molecular weight excluding hydrogens is 351 g/mol. The van der Waals surface area contributed by atoms with Gasteiger partial charge in [0.05, 0.1) is 0 Å². The predicted octanol–water partition coefficient (Wildman–Crippen LogP) is 4.57. The Morgan fingerprint density at radius 1 is 1.18 bits per heavy atom. The van der Waals surface area contributed by atoms with Gasteiger partial charge in [-0.1, -0.05) is 0 Å². The number of benzene rings is 1. The Morgan fingerprint density at radius 3 is 2.45 bits per heavy atom. The van der Waals surface area contributed by atoms with Crippen LogP contribution in [0.5, 0.6) is 0 Å². The van der Waals surface area contributed by atoms with Gasteiger partial charge in [0.25, 0.3) is 0 Å². The number of unbranched alkanes of at least 4 members (excludes halogenated alkanes) is 2. The summed E-state index contributed by atoms with van der Waals surface area (Å²) in [5, 5.41) is 13.2. The van der Waals surface area contributed by atoms with Crippen molar-refractivity contribution in [2.45, 2.75) is 70.1 Å². The Hall–Kier alpha value is -0.344. The molecule has 1 rings (SSSR count). The van der Waals surface area contributed by atoms with Crippen LogP contribution >= 0.6 is 0 Å². The molecule has 0 aliphatic rings. The van der Waals surface area contributed by atoms with E-state index in [-0.39, 0.29) is 6.10 Å². The molecule has 3 heteroatoms. The monoisotopic (exact) mass is 384 g/mol. The molecule has 0 fully saturated rings. The van der Waals surface area contributed by atoms with Crippen LogP contribution in [0.1, 0.15) is 39.0 Å². The second-order valence-electron chi connectivity index (χ2n) is 6.87. The van der Waals surface area contributed by atoms with E-state index in [4.69, 9.17) is 0 Å². The molecule has 0 aliphatic carbocycles. The zero-order valence-electron chi connectivity index (χ0n) is 14.6. The minimum absolute atomic E-state index is 0.206. The van der Waals surface area contributed by atoms with Crippen LogP contribution in [-0.4, -0.2) is 34.2 Å². The SMILES string of the molecule is CCCCCC(O)/C(=C\CC[Se]c1ccccc1)[Si](C)(C)C. The van der Waals surface area contributed by atoms with Gasteiger partial charge in [-0.25, -0.2) is 0 Å². The van der Waals surface area contributed by atoms with Crippen LogP contribution < -0.4 is 4.46 Å². The molecule has 0 saturated heterocycles. The molecule has 124 valence electrons. The summed E-state index contributed by atoms with van der Waals surface area (Å²) in [6.45, 7) is 9.27. The van der Waals surface area contributed by atoms with Crippen molar-refractivity contribution >= 4 is 27.5 Å². The summed E-state index contributed by atoms with van der Waals surface area (Å²) in [6, 6.07) is 10.8. The van der Waals surface area contributed by atoms with Crippen molar-refractivity contribution in [1.82, 2.24) is 0 Å². The van der Waals surface area contributed by atoms with E-state index >= 15 is 0 Å². The third kappa shape index (κ3) is 7.78. The van der Waals surface area contributed by atoms with Crippen molar-refractivity contribution in [1.29, 1.82) is 0 Å². The van der Waals surface area contributed by atoms with Crippen LogP contribution in [0.15, 0.2) is 41.6 Å². The number of allylic oxidation sites excluding steroid dienone is 1. The molecule has 1 N–H and O–H groups in total. The van der Waals surface area contributed by atoms with E-state index in [1.54, 1.807) is 0 Å². The van der Waals surface area contributed by atoms with E-state index in [0.717, 1.165) is 19.3 Å². The van der Waals surface area contributed by atoms with Gasteiger partial charge in [-0.3, -0.25) is 0 Å². The van der Waals surface area contributed by atoms with Crippen LogP contribution in [0.2, 0.25) is 25.0 Å². The van der Waals surface area contributed by atoms with Crippen LogP contribution in [0.4, 0.5) is 0 Å². The molecule has 0 amide bonds. The van der Waals surface area contributed by atoms with Crippen molar-refractivity contribution in [2.75, 3.05) is 0 Å². The molecule has 0 aromatic heterocycles.